The van der Waals surface area contributed by atoms with Crippen molar-refractivity contribution in [3.8, 4) is 0 Å². The van der Waals surface area contributed by atoms with Gasteiger partial charge in [-0.25, -0.2) is 13.2 Å². The first-order valence-electron chi connectivity index (χ1n) is 6.23. The Bertz CT molecular complexity index is 709. The lowest BCUT2D eigenvalue weighted by Crippen LogP contribution is -2.14. The second-order valence-electron chi connectivity index (χ2n) is 4.32. The summed E-state index contributed by atoms with van der Waals surface area (Å²) in [5.74, 6) is -0.646. The monoisotopic (exact) mass is 305 g/mol. The largest absolute Gasteiger partial charge is 0.465 e. The van der Waals surface area contributed by atoms with Crippen LogP contribution < -0.4 is 5.32 Å². The van der Waals surface area contributed by atoms with E-state index in [1.54, 1.807) is 54.6 Å². The van der Waals surface area contributed by atoms with Gasteiger partial charge < -0.3 is 10.1 Å². The smallest absolute Gasteiger partial charge is 0.337 e. The fraction of sp³-hybridized carbons (Fsp3) is 0.133. The first kappa shape index (κ1) is 15.1. The standard InChI is InChI=1S/C15H15NO4S/c1-20-15(17)12-7-9-13(10-8-12)16-11-21(18,19)14-5-3-2-4-6-14/h2-10,16H,11H2,1H3. The molecule has 0 aliphatic heterocycles. The van der Waals surface area contributed by atoms with E-state index in [1.165, 1.54) is 7.11 Å². The van der Waals surface area contributed by atoms with Crippen molar-refractivity contribution in [2.75, 3.05) is 18.3 Å². The number of ether oxygens (including phenoxy) is 1. The van der Waals surface area contributed by atoms with Gasteiger partial charge in [-0.1, -0.05) is 18.2 Å². The maximum Gasteiger partial charge on any atom is 0.337 e. The van der Waals surface area contributed by atoms with E-state index >= 15 is 0 Å². The van der Waals surface area contributed by atoms with Crippen LogP contribution in [0.4, 0.5) is 5.69 Å². The van der Waals surface area contributed by atoms with E-state index in [-0.39, 0.29) is 10.8 Å². The number of hydrogen-bond donors (Lipinski definition) is 1. The average molecular weight is 305 g/mol. The molecule has 0 radical (unpaired) electrons. The molecular weight excluding hydrogens is 290 g/mol. The lowest BCUT2D eigenvalue weighted by atomic mass is 10.2. The highest BCUT2D eigenvalue weighted by Gasteiger charge is 2.13. The zero-order valence-corrected chi connectivity index (χ0v) is 12.3. The highest BCUT2D eigenvalue weighted by atomic mass is 32.2. The molecule has 0 fully saturated rings. The fourth-order valence-corrected chi connectivity index (χ4v) is 2.83. The zero-order chi connectivity index (χ0) is 15.3. The van der Waals surface area contributed by atoms with E-state index in [2.05, 4.69) is 10.1 Å². The summed E-state index contributed by atoms with van der Waals surface area (Å²) < 4.78 is 28.8. The van der Waals surface area contributed by atoms with Crippen LogP contribution in [0, 0.1) is 0 Å². The van der Waals surface area contributed by atoms with E-state index in [9.17, 15) is 13.2 Å². The first-order valence-corrected chi connectivity index (χ1v) is 7.88. The molecule has 2 rings (SSSR count). The Morgan fingerprint density at radius 3 is 2.24 bits per heavy atom. The predicted molar refractivity (Wildman–Crippen MR) is 79.9 cm³/mol. The van der Waals surface area contributed by atoms with Crippen LogP contribution in [0.25, 0.3) is 0 Å². The van der Waals surface area contributed by atoms with Gasteiger partial charge in [-0.15, -0.1) is 0 Å². The Balaban J connectivity index is 2.05. The minimum Gasteiger partial charge on any atom is -0.465 e. The Morgan fingerprint density at radius 1 is 1.05 bits per heavy atom. The van der Waals surface area contributed by atoms with Crippen LogP contribution in [-0.2, 0) is 14.6 Å². The summed E-state index contributed by atoms with van der Waals surface area (Å²) in [5.41, 5.74) is 1.02. The van der Waals surface area contributed by atoms with Crippen molar-refractivity contribution in [3.05, 3.63) is 60.2 Å². The second kappa shape index (κ2) is 6.41. The van der Waals surface area contributed by atoms with Gasteiger partial charge in [0.25, 0.3) is 0 Å². The van der Waals surface area contributed by atoms with Crippen molar-refractivity contribution in [2.24, 2.45) is 0 Å². The summed E-state index contributed by atoms with van der Waals surface area (Å²) in [6, 6.07) is 14.6. The SMILES string of the molecule is COC(=O)c1ccc(NCS(=O)(=O)c2ccccc2)cc1. The second-order valence-corrected chi connectivity index (χ2v) is 6.31. The van der Waals surface area contributed by atoms with E-state index in [4.69, 9.17) is 0 Å². The maximum atomic E-state index is 12.1. The Labute approximate surface area is 123 Å². The van der Waals surface area contributed by atoms with Crippen LogP contribution in [0.15, 0.2) is 59.5 Å². The third kappa shape index (κ3) is 3.82. The van der Waals surface area contributed by atoms with Gasteiger partial charge in [-0.3, -0.25) is 0 Å². The molecule has 2 aromatic rings. The van der Waals surface area contributed by atoms with Gasteiger partial charge in [-0.05, 0) is 36.4 Å². The molecule has 0 bridgehead atoms. The fourth-order valence-electron chi connectivity index (χ4n) is 1.73. The summed E-state index contributed by atoms with van der Waals surface area (Å²) in [6.07, 6.45) is 0. The van der Waals surface area contributed by atoms with Crippen molar-refractivity contribution in [1.29, 1.82) is 0 Å². The number of esters is 1. The van der Waals surface area contributed by atoms with E-state index in [0.29, 0.717) is 11.3 Å². The molecule has 0 amide bonds. The minimum atomic E-state index is -3.39. The summed E-state index contributed by atoms with van der Waals surface area (Å²) >= 11 is 0. The highest BCUT2D eigenvalue weighted by molar-refractivity contribution is 7.91. The van der Waals surface area contributed by atoms with Crippen molar-refractivity contribution < 1.29 is 17.9 Å². The molecule has 1 N–H and O–H groups in total. The Morgan fingerprint density at radius 2 is 1.67 bits per heavy atom. The molecule has 0 aliphatic rings. The van der Waals surface area contributed by atoms with Gasteiger partial charge in [0.2, 0.25) is 0 Å². The normalized spacial score (nSPS) is 10.9. The number of anilines is 1. The molecule has 0 atom stereocenters. The average Bonchev–Trinajstić information content (AvgIpc) is 2.53. The van der Waals surface area contributed by atoms with Crippen LogP contribution in [0.2, 0.25) is 0 Å². The van der Waals surface area contributed by atoms with Gasteiger partial charge in [-0.2, -0.15) is 0 Å². The van der Waals surface area contributed by atoms with E-state index < -0.39 is 15.8 Å². The molecule has 0 aromatic heterocycles. The third-order valence-corrected chi connectivity index (χ3v) is 4.39. The summed E-state index contributed by atoms with van der Waals surface area (Å²) in [6.45, 7) is 0. The van der Waals surface area contributed by atoms with Gasteiger partial charge in [0.05, 0.1) is 17.6 Å². The van der Waals surface area contributed by atoms with Crippen molar-refractivity contribution in [1.82, 2.24) is 0 Å². The minimum absolute atomic E-state index is 0.214. The van der Waals surface area contributed by atoms with E-state index in [0.717, 1.165) is 0 Å². The number of methoxy groups -OCH3 is 1. The van der Waals surface area contributed by atoms with Gasteiger partial charge in [0.15, 0.2) is 9.84 Å². The molecule has 0 saturated heterocycles. The molecular formula is C15H15NO4S. The molecule has 6 heteroatoms. The van der Waals surface area contributed by atoms with Crippen LogP contribution in [-0.4, -0.2) is 27.4 Å². The molecule has 110 valence electrons. The molecule has 21 heavy (non-hydrogen) atoms. The van der Waals surface area contributed by atoms with Gasteiger partial charge >= 0.3 is 5.97 Å². The molecule has 0 spiro atoms. The summed E-state index contributed by atoms with van der Waals surface area (Å²) in [5, 5.41) is 2.83. The molecule has 0 aliphatic carbocycles. The molecule has 5 nitrogen and oxygen atoms in total. The first-order chi connectivity index (χ1) is 10.0. The number of nitrogens with one attached hydrogen (secondary N) is 1. The molecule has 0 heterocycles. The quantitative estimate of drug-likeness (QED) is 0.858. The summed E-state index contributed by atoms with van der Waals surface area (Å²) in [7, 11) is -2.09. The van der Waals surface area contributed by atoms with Crippen molar-refractivity contribution in [2.45, 2.75) is 4.90 Å². The van der Waals surface area contributed by atoms with Gasteiger partial charge in [0, 0.05) is 5.69 Å². The van der Waals surface area contributed by atoms with Crippen LogP contribution in [0.3, 0.4) is 0 Å². The number of sulfone groups is 1. The Kier molecular flexibility index (Phi) is 4.59. The molecule has 0 saturated carbocycles. The van der Waals surface area contributed by atoms with Crippen molar-refractivity contribution >= 4 is 21.5 Å². The van der Waals surface area contributed by atoms with E-state index in [1.807, 2.05) is 0 Å². The number of carbonyl (C=O) groups excluding carboxylic acids is 1. The maximum absolute atomic E-state index is 12.1. The highest BCUT2D eigenvalue weighted by Crippen LogP contribution is 2.14. The lowest BCUT2D eigenvalue weighted by molar-refractivity contribution is 0.0601. The van der Waals surface area contributed by atoms with Crippen molar-refractivity contribution in [3.63, 3.8) is 0 Å². The topological polar surface area (TPSA) is 72.5 Å². The number of hydrogen-bond acceptors (Lipinski definition) is 5. The van der Waals surface area contributed by atoms with Gasteiger partial charge in [0.1, 0.15) is 5.88 Å². The van der Waals surface area contributed by atoms with Crippen LogP contribution in [0.1, 0.15) is 10.4 Å². The Hall–Kier alpha value is -2.34. The molecule has 2 aromatic carbocycles. The number of carbonyl (C=O) groups is 1. The van der Waals surface area contributed by atoms with Crippen LogP contribution in [0.5, 0.6) is 0 Å². The predicted octanol–water partition coefficient (Wildman–Crippen LogP) is 2.32. The number of benzene rings is 2. The molecule has 0 unspecified atom stereocenters. The number of rotatable bonds is 5. The zero-order valence-electron chi connectivity index (χ0n) is 11.4. The third-order valence-electron chi connectivity index (χ3n) is 2.87. The lowest BCUT2D eigenvalue weighted by Gasteiger charge is -2.08. The van der Waals surface area contributed by atoms with Crippen LogP contribution >= 0.6 is 0 Å². The summed E-state index contributed by atoms with van der Waals surface area (Å²) in [4.78, 5) is 11.6.